The second-order valence-corrected chi connectivity index (χ2v) is 8.30. The third-order valence-corrected chi connectivity index (χ3v) is 5.66. The van der Waals surface area contributed by atoms with Gasteiger partial charge in [-0.3, -0.25) is 4.79 Å². The summed E-state index contributed by atoms with van der Waals surface area (Å²) in [6.07, 6.45) is 0.684. The van der Waals surface area contributed by atoms with Crippen molar-refractivity contribution in [2.45, 2.75) is 32.1 Å². The number of halogens is 1. The van der Waals surface area contributed by atoms with E-state index in [1.54, 1.807) is 0 Å². The molecule has 0 heterocycles. The molecule has 2 aromatic rings. The molecule has 6 nitrogen and oxygen atoms in total. The standard InChI is InChI=1S/C19H23ClN2O4S/c1-4-9-21-27(24,25)16-7-8-18(17(20)11-16)26-12-19(23)22-15-6-5-13(2)14(3)10-15/h5-8,10-11,21H,4,9,12H2,1-3H3,(H,22,23). The number of ether oxygens (including phenoxy) is 1. The summed E-state index contributed by atoms with van der Waals surface area (Å²) >= 11 is 6.10. The van der Waals surface area contributed by atoms with Crippen molar-refractivity contribution in [3.63, 3.8) is 0 Å². The molecule has 0 saturated heterocycles. The zero-order valence-electron chi connectivity index (χ0n) is 15.5. The molecule has 146 valence electrons. The highest BCUT2D eigenvalue weighted by Gasteiger charge is 2.16. The molecule has 0 aliphatic heterocycles. The second-order valence-electron chi connectivity index (χ2n) is 6.13. The molecule has 0 saturated carbocycles. The molecular weight excluding hydrogens is 388 g/mol. The summed E-state index contributed by atoms with van der Waals surface area (Å²) in [5, 5.41) is 2.86. The van der Waals surface area contributed by atoms with Crippen LogP contribution in [0.3, 0.4) is 0 Å². The number of sulfonamides is 1. The van der Waals surface area contributed by atoms with Gasteiger partial charge in [-0.25, -0.2) is 13.1 Å². The van der Waals surface area contributed by atoms with Gasteiger partial charge in [-0.2, -0.15) is 0 Å². The maximum absolute atomic E-state index is 12.1. The van der Waals surface area contributed by atoms with Crippen LogP contribution < -0.4 is 14.8 Å². The van der Waals surface area contributed by atoms with Gasteiger partial charge in [0.05, 0.1) is 9.92 Å². The van der Waals surface area contributed by atoms with Crippen molar-refractivity contribution in [1.29, 1.82) is 0 Å². The normalized spacial score (nSPS) is 11.3. The van der Waals surface area contributed by atoms with E-state index in [-0.39, 0.29) is 28.2 Å². The Morgan fingerprint density at radius 1 is 1.11 bits per heavy atom. The Morgan fingerprint density at radius 3 is 2.48 bits per heavy atom. The van der Waals surface area contributed by atoms with Crippen molar-refractivity contribution >= 4 is 33.2 Å². The molecule has 0 aliphatic carbocycles. The van der Waals surface area contributed by atoms with E-state index in [1.807, 2.05) is 39.0 Å². The molecule has 0 aromatic heterocycles. The smallest absolute Gasteiger partial charge is 0.262 e. The third kappa shape index (κ3) is 5.95. The average molecular weight is 411 g/mol. The van der Waals surface area contributed by atoms with Crippen LogP contribution in [0.4, 0.5) is 5.69 Å². The van der Waals surface area contributed by atoms with Crippen LogP contribution in [0.2, 0.25) is 5.02 Å². The number of amides is 1. The molecule has 2 aromatic carbocycles. The molecule has 0 unspecified atom stereocenters. The molecule has 2 N–H and O–H groups in total. The van der Waals surface area contributed by atoms with Gasteiger partial charge in [0.2, 0.25) is 10.0 Å². The summed E-state index contributed by atoms with van der Waals surface area (Å²) in [6.45, 7) is 5.93. The summed E-state index contributed by atoms with van der Waals surface area (Å²) in [6, 6.07) is 9.75. The average Bonchev–Trinajstić information content (AvgIpc) is 2.62. The Bertz CT molecular complexity index is 929. The van der Waals surface area contributed by atoms with Crippen molar-refractivity contribution in [3.05, 3.63) is 52.5 Å². The molecule has 27 heavy (non-hydrogen) atoms. The van der Waals surface area contributed by atoms with Crippen molar-refractivity contribution in [2.24, 2.45) is 0 Å². The number of benzene rings is 2. The molecule has 0 bridgehead atoms. The number of anilines is 1. The van der Waals surface area contributed by atoms with Crippen LogP contribution in [-0.4, -0.2) is 27.5 Å². The monoisotopic (exact) mass is 410 g/mol. The Morgan fingerprint density at radius 2 is 1.85 bits per heavy atom. The van der Waals surface area contributed by atoms with E-state index in [0.717, 1.165) is 11.1 Å². The van der Waals surface area contributed by atoms with Crippen LogP contribution in [0.1, 0.15) is 24.5 Å². The molecule has 1 amide bonds. The number of carbonyl (C=O) groups is 1. The van der Waals surface area contributed by atoms with E-state index in [9.17, 15) is 13.2 Å². The highest BCUT2D eigenvalue weighted by atomic mass is 35.5. The van der Waals surface area contributed by atoms with Gasteiger partial charge < -0.3 is 10.1 Å². The van der Waals surface area contributed by atoms with E-state index in [4.69, 9.17) is 16.3 Å². The van der Waals surface area contributed by atoms with Gasteiger partial charge in [-0.15, -0.1) is 0 Å². The first kappa shape index (κ1) is 21.2. The van der Waals surface area contributed by atoms with Crippen LogP contribution >= 0.6 is 11.6 Å². The summed E-state index contributed by atoms with van der Waals surface area (Å²) in [5.41, 5.74) is 2.89. The topological polar surface area (TPSA) is 84.5 Å². The van der Waals surface area contributed by atoms with Gasteiger partial charge in [0.25, 0.3) is 5.91 Å². The van der Waals surface area contributed by atoms with Crippen molar-refractivity contribution < 1.29 is 17.9 Å². The number of hydrogen-bond donors (Lipinski definition) is 2. The summed E-state index contributed by atoms with van der Waals surface area (Å²) in [4.78, 5) is 12.1. The lowest BCUT2D eigenvalue weighted by Crippen LogP contribution is -2.24. The minimum absolute atomic E-state index is 0.0490. The van der Waals surface area contributed by atoms with Crippen LogP contribution in [0.5, 0.6) is 5.75 Å². The molecule has 0 aliphatic rings. The second kappa shape index (κ2) is 9.21. The maximum atomic E-state index is 12.1. The number of hydrogen-bond acceptors (Lipinski definition) is 4. The van der Waals surface area contributed by atoms with Crippen LogP contribution in [0.25, 0.3) is 0 Å². The minimum Gasteiger partial charge on any atom is -0.482 e. The number of rotatable bonds is 8. The van der Waals surface area contributed by atoms with Gasteiger partial charge in [-0.05, 0) is 61.7 Å². The summed E-state index contributed by atoms with van der Waals surface area (Å²) in [5.74, 6) is -0.100. The highest BCUT2D eigenvalue weighted by Crippen LogP contribution is 2.27. The fourth-order valence-corrected chi connectivity index (χ4v) is 3.70. The van der Waals surface area contributed by atoms with E-state index in [0.29, 0.717) is 18.7 Å². The number of nitrogens with one attached hydrogen (secondary N) is 2. The summed E-state index contributed by atoms with van der Waals surface area (Å²) in [7, 11) is -3.61. The van der Waals surface area contributed by atoms with Crippen molar-refractivity contribution in [1.82, 2.24) is 4.72 Å². The zero-order chi connectivity index (χ0) is 20.0. The van der Waals surface area contributed by atoms with Crippen LogP contribution in [0.15, 0.2) is 41.3 Å². The van der Waals surface area contributed by atoms with Crippen LogP contribution in [0, 0.1) is 13.8 Å². The van der Waals surface area contributed by atoms with Gasteiger partial charge in [0.15, 0.2) is 6.61 Å². The number of carbonyl (C=O) groups excluding carboxylic acids is 1. The Balaban J connectivity index is 1.99. The predicted molar refractivity (Wildman–Crippen MR) is 107 cm³/mol. The summed E-state index contributed by atoms with van der Waals surface area (Å²) < 4.78 is 32.1. The first-order valence-corrected chi connectivity index (χ1v) is 10.4. The van der Waals surface area contributed by atoms with Gasteiger partial charge in [-0.1, -0.05) is 24.6 Å². The molecule has 8 heteroatoms. The lowest BCUT2D eigenvalue weighted by molar-refractivity contribution is -0.118. The fourth-order valence-electron chi connectivity index (χ4n) is 2.25. The lowest BCUT2D eigenvalue weighted by Gasteiger charge is -2.11. The Hall–Kier alpha value is -2.09. The van der Waals surface area contributed by atoms with Gasteiger partial charge >= 0.3 is 0 Å². The third-order valence-electron chi connectivity index (χ3n) is 3.91. The molecule has 0 atom stereocenters. The molecule has 0 spiro atoms. The number of aryl methyl sites for hydroxylation is 2. The van der Waals surface area contributed by atoms with E-state index < -0.39 is 10.0 Å². The first-order chi connectivity index (χ1) is 12.7. The largest absolute Gasteiger partial charge is 0.482 e. The van der Waals surface area contributed by atoms with Crippen LogP contribution in [-0.2, 0) is 14.8 Å². The quantitative estimate of drug-likeness (QED) is 0.695. The minimum atomic E-state index is -3.61. The van der Waals surface area contributed by atoms with Crippen molar-refractivity contribution in [2.75, 3.05) is 18.5 Å². The van der Waals surface area contributed by atoms with Gasteiger partial charge in [0.1, 0.15) is 5.75 Å². The van der Waals surface area contributed by atoms with E-state index in [2.05, 4.69) is 10.0 Å². The fraction of sp³-hybridized carbons (Fsp3) is 0.316. The highest BCUT2D eigenvalue weighted by molar-refractivity contribution is 7.89. The molecule has 0 radical (unpaired) electrons. The van der Waals surface area contributed by atoms with E-state index >= 15 is 0 Å². The predicted octanol–water partition coefficient (Wildman–Crippen LogP) is 3.66. The lowest BCUT2D eigenvalue weighted by atomic mass is 10.1. The zero-order valence-corrected chi connectivity index (χ0v) is 17.1. The maximum Gasteiger partial charge on any atom is 0.262 e. The first-order valence-electron chi connectivity index (χ1n) is 8.52. The molecular formula is C19H23ClN2O4S. The van der Waals surface area contributed by atoms with Gasteiger partial charge in [0, 0.05) is 12.2 Å². The molecule has 2 rings (SSSR count). The Labute approximate surface area is 164 Å². The van der Waals surface area contributed by atoms with Crippen molar-refractivity contribution in [3.8, 4) is 5.75 Å². The SMILES string of the molecule is CCCNS(=O)(=O)c1ccc(OCC(=O)Nc2ccc(C)c(C)c2)c(Cl)c1. The Kier molecular flexibility index (Phi) is 7.24. The van der Waals surface area contributed by atoms with E-state index in [1.165, 1.54) is 18.2 Å². The molecule has 0 fully saturated rings.